The Morgan fingerprint density at radius 3 is 2.42 bits per heavy atom. The molecule has 2 aromatic carbocycles. The summed E-state index contributed by atoms with van der Waals surface area (Å²) in [4.78, 5) is 31.7. The van der Waals surface area contributed by atoms with Crippen LogP contribution < -0.4 is 15.4 Å². The molecule has 1 amide bonds. The Kier molecular flexibility index (Phi) is 5.31. The lowest BCUT2D eigenvalue weighted by molar-refractivity contribution is 0.0939. The Morgan fingerprint density at radius 1 is 1.09 bits per heavy atom. The lowest BCUT2D eigenvalue weighted by Crippen LogP contribution is -2.37. The molecule has 0 fully saturated rings. The van der Waals surface area contributed by atoms with Crippen LogP contribution in [0.5, 0.6) is 5.75 Å². The summed E-state index contributed by atoms with van der Waals surface area (Å²) in [6.45, 7) is 3.36. The molecular formula is C25H20ClN3O3S. The minimum atomic E-state index is -0.436. The molecule has 2 aromatic heterocycles. The molecule has 5 rings (SSSR count). The number of amides is 1. The Bertz CT molecular complexity index is 1410. The van der Waals surface area contributed by atoms with E-state index in [0.717, 1.165) is 27.8 Å². The van der Waals surface area contributed by atoms with Gasteiger partial charge in [0.05, 0.1) is 18.5 Å². The van der Waals surface area contributed by atoms with Gasteiger partial charge in [0.2, 0.25) is 0 Å². The van der Waals surface area contributed by atoms with Gasteiger partial charge in [0.1, 0.15) is 21.6 Å². The van der Waals surface area contributed by atoms with E-state index >= 15 is 0 Å². The van der Waals surface area contributed by atoms with Crippen molar-refractivity contribution in [1.82, 2.24) is 10.3 Å². The van der Waals surface area contributed by atoms with Crippen molar-refractivity contribution in [2.45, 2.75) is 20.0 Å². The number of benzene rings is 2. The van der Waals surface area contributed by atoms with Gasteiger partial charge in [0.25, 0.3) is 5.91 Å². The van der Waals surface area contributed by atoms with Crippen LogP contribution in [0.25, 0.3) is 21.3 Å². The number of pyridine rings is 1. The van der Waals surface area contributed by atoms with Crippen LogP contribution in [0.1, 0.15) is 44.4 Å². The van der Waals surface area contributed by atoms with Gasteiger partial charge in [-0.1, -0.05) is 35.9 Å². The van der Waals surface area contributed by atoms with Gasteiger partial charge in [-0.05, 0) is 49.2 Å². The summed E-state index contributed by atoms with van der Waals surface area (Å²) in [7, 11) is 1.61. The largest absolute Gasteiger partial charge is 0.497 e. The van der Waals surface area contributed by atoms with Crippen molar-refractivity contribution in [3.05, 3.63) is 75.3 Å². The Morgan fingerprint density at radius 2 is 1.79 bits per heavy atom. The number of hydrogen-bond donors (Lipinski definition) is 2. The number of hydrogen-bond acceptors (Lipinski definition) is 6. The van der Waals surface area contributed by atoms with E-state index in [9.17, 15) is 9.59 Å². The highest BCUT2D eigenvalue weighted by atomic mass is 35.5. The fourth-order valence-electron chi connectivity index (χ4n) is 4.22. The van der Waals surface area contributed by atoms with E-state index in [1.54, 1.807) is 19.2 Å². The zero-order valence-electron chi connectivity index (χ0n) is 18.2. The van der Waals surface area contributed by atoms with E-state index in [-0.39, 0.29) is 11.7 Å². The molecule has 2 N–H and O–H groups in total. The Labute approximate surface area is 199 Å². The molecule has 1 aliphatic heterocycles. The van der Waals surface area contributed by atoms with E-state index in [2.05, 4.69) is 10.6 Å². The van der Waals surface area contributed by atoms with Gasteiger partial charge in [-0.25, -0.2) is 4.98 Å². The number of Topliss-reactive ketones (excluding diaryl/α,β-unsaturated/α-hetero) is 1. The number of aromatic nitrogens is 1. The van der Waals surface area contributed by atoms with Crippen molar-refractivity contribution in [3.8, 4) is 16.9 Å². The third kappa shape index (κ3) is 3.63. The lowest BCUT2D eigenvalue weighted by Gasteiger charge is -2.27. The van der Waals surface area contributed by atoms with Crippen LogP contribution in [-0.2, 0) is 0 Å². The van der Waals surface area contributed by atoms with Crippen molar-refractivity contribution in [2.75, 3.05) is 12.4 Å². The van der Waals surface area contributed by atoms with E-state index in [0.29, 0.717) is 31.7 Å². The number of methoxy groups -OCH3 is 1. The molecule has 0 saturated carbocycles. The number of carbonyl (C=O) groups excluding carboxylic acids is 2. The van der Waals surface area contributed by atoms with E-state index in [1.165, 1.54) is 18.3 Å². The maximum absolute atomic E-state index is 13.1. The molecular weight excluding hydrogens is 458 g/mol. The number of halogens is 1. The fourth-order valence-corrected chi connectivity index (χ4v) is 5.44. The average Bonchev–Trinajstić information content (AvgIpc) is 3.17. The topological polar surface area (TPSA) is 80.3 Å². The smallest absolute Gasteiger partial charge is 0.265 e. The van der Waals surface area contributed by atoms with Gasteiger partial charge in [0, 0.05) is 21.5 Å². The zero-order valence-corrected chi connectivity index (χ0v) is 19.7. The summed E-state index contributed by atoms with van der Waals surface area (Å²) in [5.74, 6) is 0.466. The fraction of sp³-hybridized carbons (Fsp3) is 0.160. The molecule has 0 saturated heterocycles. The number of rotatable bonds is 4. The minimum Gasteiger partial charge on any atom is -0.497 e. The predicted molar refractivity (Wildman–Crippen MR) is 132 cm³/mol. The molecule has 8 heteroatoms. The zero-order chi connectivity index (χ0) is 23.3. The molecule has 0 aliphatic carbocycles. The number of ketones is 1. The molecule has 0 spiro atoms. The predicted octanol–water partition coefficient (Wildman–Crippen LogP) is 5.99. The van der Waals surface area contributed by atoms with Crippen LogP contribution in [-0.4, -0.2) is 23.8 Å². The monoisotopic (exact) mass is 477 g/mol. The van der Waals surface area contributed by atoms with Crippen molar-refractivity contribution in [3.63, 3.8) is 0 Å². The summed E-state index contributed by atoms with van der Waals surface area (Å²) in [6, 6.07) is 14.9. The SMILES string of the molecule is COc1ccc([C@H]2NC(=O)c3sc4nc(C)c(C(C)=O)c(-c5ccc(Cl)cc5)c4c3N2)cc1. The molecule has 6 nitrogen and oxygen atoms in total. The first-order valence-corrected chi connectivity index (χ1v) is 11.5. The number of anilines is 1. The van der Waals surface area contributed by atoms with Crippen LogP contribution >= 0.6 is 22.9 Å². The van der Waals surface area contributed by atoms with Crippen LogP contribution in [0.3, 0.4) is 0 Å². The maximum atomic E-state index is 13.1. The van der Waals surface area contributed by atoms with Crippen molar-refractivity contribution >= 4 is 50.5 Å². The van der Waals surface area contributed by atoms with Crippen molar-refractivity contribution < 1.29 is 14.3 Å². The van der Waals surface area contributed by atoms with Crippen LogP contribution in [0.2, 0.25) is 5.02 Å². The molecule has 0 unspecified atom stereocenters. The third-order valence-corrected chi connectivity index (χ3v) is 7.06. The molecule has 3 heterocycles. The highest BCUT2D eigenvalue weighted by molar-refractivity contribution is 7.21. The lowest BCUT2D eigenvalue weighted by atomic mass is 9.93. The number of carbonyl (C=O) groups is 2. The highest BCUT2D eigenvalue weighted by Gasteiger charge is 2.32. The van der Waals surface area contributed by atoms with Crippen LogP contribution in [0, 0.1) is 6.92 Å². The number of aryl methyl sites for hydroxylation is 1. The molecule has 4 aromatic rings. The summed E-state index contributed by atoms with van der Waals surface area (Å²) >= 11 is 7.44. The second kappa shape index (κ2) is 8.17. The minimum absolute atomic E-state index is 0.0845. The number of fused-ring (bicyclic) bond motifs is 3. The van der Waals surface area contributed by atoms with Crippen molar-refractivity contribution in [2.24, 2.45) is 0 Å². The molecule has 166 valence electrons. The van der Waals surface area contributed by atoms with E-state index < -0.39 is 6.17 Å². The van der Waals surface area contributed by atoms with Gasteiger partial charge in [-0.15, -0.1) is 11.3 Å². The number of nitrogens with zero attached hydrogens (tertiary/aromatic N) is 1. The van der Waals surface area contributed by atoms with Gasteiger partial charge in [-0.2, -0.15) is 0 Å². The first kappa shape index (κ1) is 21.4. The molecule has 1 atom stereocenters. The molecule has 1 aliphatic rings. The second-order valence-electron chi connectivity index (χ2n) is 7.82. The first-order chi connectivity index (χ1) is 15.9. The number of nitrogens with one attached hydrogen (secondary N) is 2. The average molecular weight is 478 g/mol. The standard InChI is InChI=1S/C25H20ClN3O3S/c1-12-18(13(2)30)19(14-4-8-16(26)9-5-14)20-21-22(33-25(20)27-12)24(31)29-23(28-21)15-6-10-17(32-3)11-7-15/h4-11,23,28H,1-3H3,(H,29,31)/t23-/m1/s1. The normalized spacial score (nSPS) is 15.0. The number of thiophene rings is 1. The summed E-state index contributed by atoms with van der Waals surface area (Å²) in [5, 5.41) is 7.86. The Balaban J connectivity index is 1.74. The van der Waals surface area contributed by atoms with Gasteiger partial charge < -0.3 is 15.4 Å². The van der Waals surface area contributed by atoms with Gasteiger partial charge in [0.15, 0.2) is 5.78 Å². The van der Waals surface area contributed by atoms with Gasteiger partial charge in [-0.3, -0.25) is 9.59 Å². The van der Waals surface area contributed by atoms with Crippen molar-refractivity contribution in [1.29, 1.82) is 0 Å². The van der Waals surface area contributed by atoms with Crippen LogP contribution in [0.15, 0.2) is 48.5 Å². The second-order valence-corrected chi connectivity index (χ2v) is 9.26. The first-order valence-electron chi connectivity index (χ1n) is 10.3. The number of ether oxygens (including phenoxy) is 1. The summed E-state index contributed by atoms with van der Waals surface area (Å²) < 4.78 is 5.24. The van der Waals surface area contributed by atoms with E-state index in [1.807, 2.05) is 43.3 Å². The highest BCUT2D eigenvalue weighted by Crippen LogP contribution is 2.46. The van der Waals surface area contributed by atoms with Gasteiger partial charge >= 0.3 is 0 Å². The summed E-state index contributed by atoms with van der Waals surface area (Å²) in [5.41, 5.74) is 4.34. The summed E-state index contributed by atoms with van der Waals surface area (Å²) in [6.07, 6.45) is -0.436. The molecule has 0 radical (unpaired) electrons. The molecule has 33 heavy (non-hydrogen) atoms. The molecule has 0 bridgehead atoms. The third-order valence-electron chi connectivity index (χ3n) is 5.73. The quantitative estimate of drug-likeness (QED) is 0.353. The van der Waals surface area contributed by atoms with Crippen LogP contribution in [0.4, 0.5) is 5.69 Å². The van der Waals surface area contributed by atoms with E-state index in [4.69, 9.17) is 21.3 Å². The Hall–Kier alpha value is -3.42. The maximum Gasteiger partial charge on any atom is 0.265 e.